The van der Waals surface area contributed by atoms with E-state index >= 15 is 0 Å². The maximum Gasteiger partial charge on any atom is 0.446 e. The van der Waals surface area contributed by atoms with E-state index in [1.165, 1.54) is 12.1 Å². The molecule has 3 aromatic carbocycles. The van der Waals surface area contributed by atoms with Gasteiger partial charge in [0.05, 0.1) is 25.3 Å². The molecule has 172 valence electrons. The average Bonchev–Trinajstić information content (AvgIpc) is 3.38. The molecule has 36 heavy (non-hydrogen) atoms. The van der Waals surface area contributed by atoms with Gasteiger partial charge in [-0.25, -0.2) is 20.2 Å². The first-order valence-electron chi connectivity index (χ1n) is 10.7. The fraction of sp³-hybridized carbons (Fsp3) is 0.143. The molecule has 0 atom stereocenters. The topological polar surface area (TPSA) is 56.3 Å². The SMILES string of the molecule is [C-]#[N+]/C(C#N)=c1\c2c(/c(=C(/C#N)[N+]#[C-])c3c1Cc1ccc(SC(F)(F)F)cc1-3)-c1cc(C)ccc1C2. The third-order valence-electron chi connectivity index (χ3n) is 6.47. The normalized spacial score (nSPS) is 14.2. The van der Waals surface area contributed by atoms with Gasteiger partial charge in [-0.2, -0.15) is 13.2 Å². The maximum atomic E-state index is 13.2. The molecule has 5 rings (SSSR count). The van der Waals surface area contributed by atoms with Gasteiger partial charge < -0.3 is 0 Å². The van der Waals surface area contributed by atoms with Gasteiger partial charge in [-0.15, -0.1) is 0 Å². The van der Waals surface area contributed by atoms with Crippen molar-refractivity contribution >= 4 is 23.2 Å². The van der Waals surface area contributed by atoms with Crippen molar-refractivity contribution in [1.82, 2.24) is 0 Å². The zero-order valence-electron chi connectivity index (χ0n) is 18.7. The van der Waals surface area contributed by atoms with Gasteiger partial charge in [-0.3, -0.25) is 0 Å². The van der Waals surface area contributed by atoms with Gasteiger partial charge in [-0.05, 0) is 93.4 Å². The lowest BCUT2D eigenvalue weighted by Gasteiger charge is -2.14. The third kappa shape index (κ3) is 3.52. The van der Waals surface area contributed by atoms with Crippen molar-refractivity contribution in [1.29, 1.82) is 10.5 Å². The van der Waals surface area contributed by atoms with Gasteiger partial charge in [0.25, 0.3) is 11.4 Å². The average molecular weight is 495 g/mol. The fourth-order valence-electron chi connectivity index (χ4n) is 5.20. The van der Waals surface area contributed by atoms with Gasteiger partial charge >= 0.3 is 5.51 Å². The van der Waals surface area contributed by atoms with E-state index in [0.717, 1.165) is 22.3 Å². The summed E-state index contributed by atoms with van der Waals surface area (Å²) in [5, 5.41) is 20.6. The van der Waals surface area contributed by atoms with Crippen LogP contribution in [0.5, 0.6) is 0 Å². The van der Waals surface area contributed by atoms with E-state index in [1.54, 1.807) is 6.07 Å². The summed E-state index contributed by atoms with van der Waals surface area (Å²) in [5.41, 5.74) is 1.49. The molecule has 0 N–H and O–H groups in total. The summed E-state index contributed by atoms with van der Waals surface area (Å²) in [6.07, 6.45) is 0.702. The summed E-state index contributed by atoms with van der Waals surface area (Å²) in [5.74, 6) is 0. The molecule has 0 heterocycles. The number of aryl methyl sites for hydroxylation is 1. The molecule has 2 aliphatic rings. The Morgan fingerprint density at radius 2 is 1.39 bits per heavy atom. The lowest BCUT2D eigenvalue weighted by Crippen LogP contribution is -2.25. The largest absolute Gasteiger partial charge is 0.446 e. The summed E-state index contributed by atoms with van der Waals surface area (Å²) in [6.45, 7) is 17.3. The fourth-order valence-corrected chi connectivity index (χ4v) is 5.78. The highest BCUT2D eigenvalue weighted by molar-refractivity contribution is 8.00. The number of nitrogens with zero attached hydrogens (tertiary/aromatic N) is 4. The molecule has 0 bridgehead atoms. The van der Waals surface area contributed by atoms with E-state index in [0.29, 0.717) is 44.7 Å². The zero-order chi connectivity index (χ0) is 25.8. The smallest absolute Gasteiger partial charge is 0.226 e. The molecule has 0 aliphatic heterocycles. The Morgan fingerprint density at radius 3 is 1.92 bits per heavy atom. The molecule has 0 spiro atoms. The van der Waals surface area contributed by atoms with Crippen LogP contribution in [0, 0.1) is 42.7 Å². The van der Waals surface area contributed by atoms with Gasteiger partial charge in [0.1, 0.15) is 0 Å². The van der Waals surface area contributed by atoms with E-state index in [9.17, 15) is 23.7 Å². The molecule has 0 radical (unpaired) electrons. The highest BCUT2D eigenvalue weighted by atomic mass is 32.2. The molecule has 8 heteroatoms. The highest BCUT2D eigenvalue weighted by Gasteiger charge is 2.33. The standard InChI is InChI=1S/C28H13F3N4S/c1-14-4-5-15-9-20-24(22(12-32)34-2)21-10-16-6-7-17(36-28(29,30)31)11-19(16)26(21)27(23(13-33)35-3)25(20)18(15)8-14/h4-8,11H,9-10H2,1H3/b24-22+,27-23+. The second kappa shape index (κ2) is 8.31. The number of halogens is 3. The second-order valence-corrected chi connectivity index (χ2v) is 9.62. The molecule has 0 saturated carbocycles. The lowest BCUT2D eigenvalue weighted by molar-refractivity contribution is -0.0328. The van der Waals surface area contributed by atoms with Crippen molar-refractivity contribution in [3.05, 3.63) is 97.5 Å². The maximum absolute atomic E-state index is 13.2. The van der Waals surface area contributed by atoms with Crippen molar-refractivity contribution < 1.29 is 13.2 Å². The van der Waals surface area contributed by atoms with Crippen molar-refractivity contribution in [3.63, 3.8) is 0 Å². The van der Waals surface area contributed by atoms with E-state index < -0.39 is 5.51 Å². The summed E-state index contributed by atoms with van der Waals surface area (Å²) >= 11 is -0.236. The van der Waals surface area contributed by atoms with Crippen LogP contribution in [0.2, 0.25) is 0 Å². The van der Waals surface area contributed by atoms with Gasteiger partial charge in [0, 0.05) is 10.1 Å². The Labute approximate surface area is 208 Å². The lowest BCUT2D eigenvalue weighted by atomic mass is 9.90. The Balaban J connectivity index is 2.04. The number of hydrogen-bond acceptors (Lipinski definition) is 3. The number of nitriles is 2. The van der Waals surface area contributed by atoms with E-state index in [2.05, 4.69) is 9.69 Å². The number of benzene rings is 3. The first-order chi connectivity index (χ1) is 17.2. The minimum Gasteiger partial charge on any atom is -0.226 e. The van der Waals surface area contributed by atoms with Crippen molar-refractivity contribution in [2.45, 2.75) is 30.2 Å². The Bertz CT molecular complexity index is 1770. The number of alkyl halides is 3. The van der Waals surface area contributed by atoms with Crippen molar-refractivity contribution in [3.8, 4) is 34.4 Å². The van der Waals surface area contributed by atoms with Gasteiger partial charge in [-0.1, -0.05) is 29.8 Å². The van der Waals surface area contributed by atoms with Crippen LogP contribution in [0.1, 0.15) is 27.8 Å². The molecular formula is C28H13F3N4S. The van der Waals surface area contributed by atoms with Crippen LogP contribution in [0.25, 0.3) is 43.3 Å². The van der Waals surface area contributed by atoms with E-state index in [4.69, 9.17) is 13.1 Å². The molecular weight excluding hydrogens is 481 g/mol. The molecule has 2 aliphatic carbocycles. The van der Waals surface area contributed by atoms with E-state index in [1.807, 2.05) is 37.3 Å². The first kappa shape index (κ1) is 23.3. The minimum atomic E-state index is -4.48. The number of hydrogen-bond donors (Lipinski definition) is 0. The van der Waals surface area contributed by atoms with Crippen LogP contribution in [-0.2, 0) is 12.8 Å². The Morgan fingerprint density at radius 1 is 0.861 bits per heavy atom. The monoisotopic (exact) mass is 494 g/mol. The van der Waals surface area contributed by atoms with Crippen LogP contribution in [0.3, 0.4) is 0 Å². The predicted octanol–water partition coefficient (Wildman–Crippen LogP) is 5.85. The zero-order valence-corrected chi connectivity index (χ0v) is 19.5. The molecule has 0 fully saturated rings. The number of thioether (sulfide) groups is 1. The molecule has 0 unspecified atom stereocenters. The highest BCUT2D eigenvalue weighted by Crippen LogP contribution is 2.44. The summed E-state index contributed by atoms with van der Waals surface area (Å²) < 4.78 is 39.5. The number of fused-ring (bicyclic) bond motifs is 6. The summed E-state index contributed by atoms with van der Waals surface area (Å²) in [7, 11) is 0. The van der Waals surface area contributed by atoms with Crippen molar-refractivity contribution in [2.24, 2.45) is 0 Å². The number of rotatable bonds is 1. The van der Waals surface area contributed by atoms with E-state index in [-0.39, 0.29) is 34.5 Å². The second-order valence-electron chi connectivity index (χ2n) is 8.48. The minimum absolute atomic E-state index is 0.0191. The van der Waals surface area contributed by atoms with Crippen LogP contribution >= 0.6 is 11.8 Å². The van der Waals surface area contributed by atoms with Gasteiger partial charge in [0.15, 0.2) is 0 Å². The predicted molar refractivity (Wildman–Crippen MR) is 130 cm³/mol. The van der Waals surface area contributed by atoms with Crippen LogP contribution < -0.4 is 10.4 Å². The quantitative estimate of drug-likeness (QED) is 0.217. The Kier molecular flexibility index (Phi) is 5.37. The molecule has 3 aromatic rings. The molecule has 0 aromatic heterocycles. The molecule has 4 nitrogen and oxygen atoms in total. The van der Waals surface area contributed by atoms with Crippen LogP contribution in [0.4, 0.5) is 13.2 Å². The summed E-state index contributed by atoms with van der Waals surface area (Å²) in [4.78, 5) is 6.94. The molecule has 0 amide bonds. The third-order valence-corrected chi connectivity index (χ3v) is 7.19. The van der Waals surface area contributed by atoms with Crippen molar-refractivity contribution in [2.75, 3.05) is 0 Å². The van der Waals surface area contributed by atoms with Gasteiger partial charge in [0.2, 0.25) is 0 Å². The summed E-state index contributed by atoms with van der Waals surface area (Å²) in [6, 6.07) is 14.2. The first-order valence-corrected chi connectivity index (χ1v) is 11.5. The Hall–Kier alpha value is -4.50. The van der Waals surface area contributed by atoms with Crippen LogP contribution in [-0.4, -0.2) is 5.51 Å². The molecule has 0 saturated heterocycles. The van der Waals surface area contributed by atoms with Crippen LogP contribution in [0.15, 0.2) is 41.3 Å².